The van der Waals surface area contributed by atoms with Crippen LogP contribution in [0, 0.1) is 29.1 Å². The molecule has 1 fully saturated rings. The number of aryl methyl sites for hydroxylation is 1. The van der Waals surface area contributed by atoms with Gasteiger partial charge in [-0.25, -0.2) is 9.78 Å². The van der Waals surface area contributed by atoms with E-state index in [-0.39, 0.29) is 18.6 Å². The lowest BCUT2D eigenvalue weighted by atomic mass is 9.99. The number of ether oxygens (including phenoxy) is 3. The van der Waals surface area contributed by atoms with Crippen molar-refractivity contribution < 1.29 is 19.0 Å². The van der Waals surface area contributed by atoms with Crippen LogP contribution in [-0.4, -0.2) is 74.8 Å². The van der Waals surface area contributed by atoms with Crippen LogP contribution in [0.2, 0.25) is 0 Å². The number of carbonyl (C=O) groups is 1. The second-order valence-corrected chi connectivity index (χ2v) is 13.1. The van der Waals surface area contributed by atoms with Crippen LogP contribution in [0.25, 0.3) is 0 Å². The van der Waals surface area contributed by atoms with Crippen molar-refractivity contribution >= 4 is 17.6 Å². The number of nitrogens with zero attached hydrogens (tertiary/aromatic N) is 2. The van der Waals surface area contributed by atoms with Gasteiger partial charge in [0.25, 0.3) is 0 Å². The Kier molecular flexibility index (Phi) is 19.3. The third-order valence-corrected chi connectivity index (χ3v) is 8.87. The molecule has 0 saturated carbocycles. The second-order valence-electron chi connectivity index (χ2n) is 13.1. The minimum atomic E-state index is -0.547. The van der Waals surface area contributed by atoms with Gasteiger partial charge >= 0.3 is 5.97 Å². The lowest BCUT2D eigenvalue weighted by molar-refractivity contribution is -0.144. The monoisotopic (exact) mass is 759 g/mol. The number of nitrogens with two attached hydrogens (primary N) is 1. The molecule has 11 heteroatoms. The van der Waals surface area contributed by atoms with E-state index in [9.17, 15) is 4.79 Å². The van der Waals surface area contributed by atoms with E-state index in [0.717, 1.165) is 58.6 Å². The molecule has 56 heavy (non-hydrogen) atoms. The van der Waals surface area contributed by atoms with E-state index < -0.39 is 6.04 Å². The summed E-state index contributed by atoms with van der Waals surface area (Å²) < 4.78 is 15.8. The first-order chi connectivity index (χ1) is 27.1. The summed E-state index contributed by atoms with van der Waals surface area (Å²) in [5.74, 6) is 13.6. The Morgan fingerprint density at radius 1 is 1.02 bits per heavy atom. The van der Waals surface area contributed by atoms with Crippen molar-refractivity contribution in [2.75, 3.05) is 46.3 Å². The fourth-order valence-corrected chi connectivity index (χ4v) is 5.85. The highest BCUT2D eigenvalue weighted by molar-refractivity contribution is 5.87. The zero-order valence-electron chi connectivity index (χ0n) is 33.3. The van der Waals surface area contributed by atoms with Gasteiger partial charge in [0.15, 0.2) is 12.5 Å². The highest BCUT2D eigenvalue weighted by atomic mass is 16.5. The van der Waals surface area contributed by atoms with E-state index in [4.69, 9.17) is 25.4 Å². The molecule has 0 amide bonds. The summed E-state index contributed by atoms with van der Waals surface area (Å²) >= 11 is 0. The van der Waals surface area contributed by atoms with Crippen molar-refractivity contribution in [2.24, 2.45) is 5.73 Å². The molecule has 2 atom stereocenters. The van der Waals surface area contributed by atoms with Gasteiger partial charge in [0.1, 0.15) is 18.5 Å². The van der Waals surface area contributed by atoms with Crippen molar-refractivity contribution in [1.29, 1.82) is 5.41 Å². The van der Waals surface area contributed by atoms with E-state index in [2.05, 4.69) is 77.3 Å². The number of rotatable bonds is 17. The number of amidine groups is 1. The zero-order valence-corrected chi connectivity index (χ0v) is 33.3. The standard InChI is InChI=1S/C36H44N4O4.C9H13N3/c1-6-26(2)19-32-21-30(9-7-17-42-4)20-31(22-32)10-8-18-44-27(3)39-33-23-34(36(41)43-5)40(25-33)35(38)16-15-28-11-13-29(24-37)14-12-28;1-3-11-7-8-4-5-12-9(6-8)10-2/h11-14,20-22,33-34,38-39H,2-3,6,15-19,23-25,37H2,1,4-5H3;3-6,11H,1,7H2,2H3,(H,10,12). The van der Waals surface area contributed by atoms with E-state index in [1.165, 1.54) is 12.7 Å². The number of allylic oxidation sites excluding steroid dienone is 1. The Hall–Kier alpha value is -6.01. The van der Waals surface area contributed by atoms with Crippen LogP contribution in [0.3, 0.4) is 0 Å². The average Bonchev–Trinajstić information content (AvgIpc) is 3.64. The molecule has 4 rings (SSSR count). The maximum atomic E-state index is 12.6. The Labute approximate surface area is 333 Å². The zero-order chi connectivity index (χ0) is 40.7. The number of carbonyl (C=O) groups excluding carboxylic acids is 1. The third kappa shape index (κ3) is 15.4. The largest absolute Gasteiger partial charge is 0.467 e. The minimum Gasteiger partial charge on any atom is -0.467 e. The molecular formula is C45H57N7O4. The predicted octanol–water partition coefficient (Wildman–Crippen LogP) is 5.66. The smallest absolute Gasteiger partial charge is 0.328 e. The van der Waals surface area contributed by atoms with Crippen LogP contribution in [0.15, 0.2) is 98.2 Å². The molecule has 1 aliphatic heterocycles. The molecule has 0 spiro atoms. The molecule has 2 heterocycles. The first kappa shape index (κ1) is 44.4. The summed E-state index contributed by atoms with van der Waals surface area (Å²) in [6, 6.07) is 17.4. The molecular weight excluding hydrogens is 703 g/mol. The van der Waals surface area contributed by atoms with Crippen LogP contribution >= 0.6 is 0 Å². The number of hydrogen-bond acceptors (Lipinski definition) is 10. The quantitative estimate of drug-likeness (QED) is 0.0292. The lowest BCUT2D eigenvalue weighted by Gasteiger charge is -2.25. The van der Waals surface area contributed by atoms with E-state index in [1.807, 2.05) is 55.6 Å². The maximum Gasteiger partial charge on any atom is 0.328 e. The molecule has 11 nitrogen and oxygen atoms in total. The van der Waals surface area contributed by atoms with Gasteiger partial charge in [0.05, 0.1) is 12.9 Å². The topological polar surface area (TPSA) is 147 Å². The molecule has 6 N–H and O–H groups in total. The van der Waals surface area contributed by atoms with Crippen LogP contribution in [0.1, 0.15) is 59.6 Å². The van der Waals surface area contributed by atoms with Crippen LogP contribution in [0.4, 0.5) is 5.82 Å². The number of hydrogen-bond donors (Lipinski definition) is 5. The Balaban J connectivity index is 0.000000595. The number of aromatic nitrogens is 1. The van der Waals surface area contributed by atoms with Gasteiger partial charge in [-0.3, -0.25) is 5.41 Å². The van der Waals surface area contributed by atoms with Gasteiger partial charge in [0.2, 0.25) is 0 Å². The SMILES string of the molecule is C=C(CC)Cc1cc(C#CCOC)cc(C#CCOC(=C)NC2CC(C(=O)OC)N(C(=N)CCc3ccc(CN)cc3)C2)c1.C=CNCc1ccnc(NC)c1. The van der Waals surface area contributed by atoms with Crippen molar-refractivity contribution in [3.8, 4) is 23.7 Å². The average molecular weight is 760 g/mol. The predicted molar refractivity (Wildman–Crippen MR) is 226 cm³/mol. The van der Waals surface area contributed by atoms with Crippen LogP contribution < -0.4 is 21.7 Å². The van der Waals surface area contributed by atoms with Gasteiger partial charge in [-0.1, -0.05) is 73.6 Å². The fourth-order valence-electron chi connectivity index (χ4n) is 5.85. The Morgan fingerprint density at radius 2 is 1.71 bits per heavy atom. The first-order valence-electron chi connectivity index (χ1n) is 18.6. The molecule has 0 radical (unpaired) electrons. The number of benzene rings is 2. The van der Waals surface area contributed by atoms with Crippen molar-refractivity contribution in [2.45, 2.75) is 64.2 Å². The molecule has 1 saturated heterocycles. The second kappa shape index (κ2) is 24.4. The third-order valence-electron chi connectivity index (χ3n) is 8.87. The van der Waals surface area contributed by atoms with Crippen molar-refractivity contribution in [1.82, 2.24) is 20.5 Å². The van der Waals surface area contributed by atoms with Gasteiger partial charge in [-0.05, 0) is 84.6 Å². The van der Waals surface area contributed by atoms with E-state index in [1.54, 1.807) is 24.4 Å². The number of nitrogens with one attached hydrogen (secondary N) is 4. The Bertz CT molecular complexity index is 1900. The summed E-state index contributed by atoms with van der Waals surface area (Å²) in [6.45, 7) is 16.0. The molecule has 3 aromatic rings. The van der Waals surface area contributed by atoms with Gasteiger partial charge in [0, 0.05) is 70.0 Å². The molecule has 1 aliphatic rings. The summed E-state index contributed by atoms with van der Waals surface area (Å²) in [5.41, 5.74) is 13.0. The summed E-state index contributed by atoms with van der Waals surface area (Å²) in [4.78, 5) is 18.5. The highest BCUT2D eigenvalue weighted by Gasteiger charge is 2.39. The minimum absolute atomic E-state index is 0.137. The lowest BCUT2D eigenvalue weighted by Crippen LogP contribution is -2.41. The molecule has 2 aromatic carbocycles. The van der Waals surface area contributed by atoms with Gasteiger partial charge < -0.3 is 40.8 Å². The summed E-state index contributed by atoms with van der Waals surface area (Å²) in [6.07, 6.45) is 6.81. The molecule has 296 valence electrons. The number of methoxy groups -OCH3 is 2. The van der Waals surface area contributed by atoms with Crippen LogP contribution in [-0.2, 0) is 44.9 Å². The van der Waals surface area contributed by atoms with E-state index >= 15 is 0 Å². The first-order valence-corrected chi connectivity index (χ1v) is 18.6. The van der Waals surface area contributed by atoms with Gasteiger partial charge in [-0.15, -0.1) is 0 Å². The number of anilines is 1. The van der Waals surface area contributed by atoms with Crippen LogP contribution in [0.5, 0.6) is 0 Å². The molecule has 2 unspecified atom stereocenters. The van der Waals surface area contributed by atoms with Gasteiger partial charge in [-0.2, -0.15) is 0 Å². The number of likely N-dealkylation sites (tertiary alicyclic amines) is 1. The fraction of sp³-hybridized carbons (Fsp3) is 0.356. The highest BCUT2D eigenvalue weighted by Crippen LogP contribution is 2.22. The number of pyridine rings is 1. The van der Waals surface area contributed by atoms with Crippen molar-refractivity contribution in [3.63, 3.8) is 0 Å². The van der Waals surface area contributed by atoms with E-state index in [0.29, 0.717) is 50.7 Å². The molecule has 0 aliphatic carbocycles. The summed E-state index contributed by atoms with van der Waals surface area (Å²) in [7, 11) is 4.84. The van der Waals surface area contributed by atoms with Crippen molar-refractivity contribution in [3.05, 3.63) is 132 Å². The molecule has 0 bridgehead atoms. The number of esters is 1. The summed E-state index contributed by atoms with van der Waals surface area (Å²) in [5, 5.41) is 18.0. The normalized spacial score (nSPS) is 14.0. The Morgan fingerprint density at radius 3 is 2.34 bits per heavy atom. The maximum absolute atomic E-state index is 12.6. The molecule has 1 aromatic heterocycles.